The number of aliphatic carboxylic acids is 1. The fraction of sp³-hybridized carbons (Fsp3) is 0.214. The normalized spacial score (nSPS) is 12.1. The number of rotatable bonds is 5. The van der Waals surface area contributed by atoms with Crippen LogP contribution in [0.4, 0.5) is 5.69 Å². The van der Waals surface area contributed by atoms with E-state index < -0.39 is 17.9 Å². The summed E-state index contributed by atoms with van der Waals surface area (Å²) >= 11 is 0. The van der Waals surface area contributed by atoms with Gasteiger partial charge in [-0.25, -0.2) is 0 Å². The topological polar surface area (TPSA) is 105 Å². The molecule has 1 heterocycles. The number of anilines is 1. The zero-order valence-corrected chi connectivity index (χ0v) is 10.7. The largest absolute Gasteiger partial charge is 0.481 e. The van der Waals surface area contributed by atoms with Crippen molar-refractivity contribution in [3.05, 3.63) is 36.5 Å². The molecule has 0 spiro atoms. The second-order valence-corrected chi connectivity index (χ2v) is 4.40. The Labute approximate surface area is 115 Å². The Bertz CT molecular complexity index is 637. The van der Waals surface area contributed by atoms with Gasteiger partial charge >= 0.3 is 5.97 Å². The zero-order valence-electron chi connectivity index (χ0n) is 10.7. The van der Waals surface area contributed by atoms with Gasteiger partial charge in [-0.2, -0.15) is 0 Å². The van der Waals surface area contributed by atoms with Gasteiger partial charge < -0.3 is 16.2 Å². The van der Waals surface area contributed by atoms with Crippen LogP contribution in [0, 0.1) is 0 Å². The van der Waals surface area contributed by atoms with Crippen molar-refractivity contribution in [1.82, 2.24) is 4.98 Å². The quantitative estimate of drug-likeness (QED) is 0.763. The third kappa shape index (κ3) is 3.30. The maximum absolute atomic E-state index is 11.9. The van der Waals surface area contributed by atoms with E-state index in [1.54, 1.807) is 24.4 Å². The van der Waals surface area contributed by atoms with Crippen LogP contribution in [0.1, 0.15) is 12.8 Å². The van der Waals surface area contributed by atoms with E-state index in [-0.39, 0.29) is 12.8 Å². The monoisotopic (exact) mass is 273 g/mol. The molecule has 0 aliphatic carbocycles. The molecule has 0 saturated heterocycles. The highest BCUT2D eigenvalue weighted by Gasteiger charge is 2.15. The number of aromatic nitrogens is 1. The molecule has 4 N–H and O–H groups in total. The lowest BCUT2D eigenvalue weighted by atomic mass is 10.1. The SMILES string of the molecule is NC(CCC(=O)O)C(=O)Nc1cccc2ncccc12. The van der Waals surface area contributed by atoms with Crippen molar-refractivity contribution < 1.29 is 14.7 Å². The highest BCUT2D eigenvalue weighted by molar-refractivity contribution is 6.02. The van der Waals surface area contributed by atoms with Gasteiger partial charge in [0.05, 0.1) is 17.2 Å². The molecule has 1 unspecified atom stereocenters. The van der Waals surface area contributed by atoms with Gasteiger partial charge in [0.2, 0.25) is 5.91 Å². The smallest absolute Gasteiger partial charge is 0.303 e. The fourth-order valence-corrected chi connectivity index (χ4v) is 1.85. The van der Waals surface area contributed by atoms with Crippen LogP contribution < -0.4 is 11.1 Å². The maximum Gasteiger partial charge on any atom is 0.303 e. The van der Waals surface area contributed by atoms with E-state index in [1.807, 2.05) is 12.1 Å². The van der Waals surface area contributed by atoms with Gasteiger partial charge in [-0.15, -0.1) is 0 Å². The van der Waals surface area contributed by atoms with E-state index >= 15 is 0 Å². The highest BCUT2D eigenvalue weighted by atomic mass is 16.4. The van der Waals surface area contributed by atoms with Gasteiger partial charge in [-0.3, -0.25) is 14.6 Å². The molecule has 0 aliphatic rings. The van der Waals surface area contributed by atoms with Crippen LogP contribution in [0.3, 0.4) is 0 Å². The molecule has 1 aromatic carbocycles. The van der Waals surface area contributed by atoms with Crippen LogP contribution in [-0.2, 0) is 9.59 Å². The highest BCUT2D eigenvalue weighted by Crippen LogP contribution is 2.21. The molecule has 0 aliphatic heterocycles. The molecule has 1 aromatic heterocycles. The van der Waals surface area contributed by atoms with Gasteiger partial charge in [-0.1, -0.05) is 6.07 Å². The number of carboxylic acids is 1. The average molecular weight is 273 g/mol. The predicted octanol–water partition coefficient (Wildman–Crippen LogP) is 1.37. The molecular weight excluding hydrogens is 258 g/mol. The van der Waals surface area contributed by atoms with Crippen molar-refractivity contribution in [3.8, 4) is 0 Å². The number of fused-ring (bicyclic) bond motifs is 1. The summed E-state index contributed by atoms with van der Waals surface area (Å²) in [6.45, 7) is 0. The van der Waals surface area contributed by atoms with Crippen molar-refractivity contribution >= 4 is 28.5 Å². The van der Waals surface area contributed by atoms with E-state index in [2.05, 4.69) is 10.3 Å². The average Bonchev–Trinajstić information content (AvgIpc) is 2.45. The lowest BCUT2D eigenvalue weighted by Crippen LogP contribution is -2.36. The Hall–Kier alpha value is -2.47. The van der Waals surface area contributed by atoms with Crippen molar-refractivity contribution in [2.24, 2.45) is 5.73 Å². The molecule has 104 valence electrons. The lowest BCUT2D eigenvalue weighted by molar-refractivity contribution is -0.137. The minimum atomic E-state index is -0.970. The summed E-state index contributed by atoms with van der Waals surface area (Å²) in [5.74, 6) is -1.37. The molecule has 6 heteroatoms. The van der Waals surface area contributed by atoms with Crippen molar-refractivity contribution in [2.75, 3.05) is 5.32 Å². The number of amides is 1. The molecule has 0 fully saturated rings. The molecule has 0 bridgehead atoms. The second-order valence-electron chi connectivity index (χ2n) is 4.40. The molecule has 0 saturated carbocycles. The van der Waals surface area contributed by atoms with Gasteiger partial charge in [-0.05, 0) is 30.7 Å². The van der Waals surface area contributed by atoms with Gasteiger partial charge in [0, 0.05) is 18.0 Å². The fourth-order valence-electron chi connectivity index (χ4n) is 1.85. The molecule has 0 radical (unpaired) electrons. The number of pyridine rings is 1. The van der Waals surface area contributed by atoms with Crippen LogP contribution in [0.2, 0.25) is 0 Å². The number of carbonyl (C=O) groups is 2. The first-order chi connectivity index (χ1) is 9.58. The Morgan fingerprint density at radius 1 is 1.30 bits per heavy atom. The number of hydrogen-bond acceptors (Lipinski definition) is 4. The molecule has 2 rings (SSSR count). The van der Waals surface area contributed by atoms with Gasteiger partial charge in [0.25, 0.3) is 0 Å². The number of carbonyl (C=O) groups excluding carboxylic acids is 1. The second kappa shape index (κ2) is 6.12. The number of carboxylic acid groups (broad SMARTS) is 1. The number of benzene rings is 1. The van der Waals surface area contributed by atoms with Crippen molar-refractivity contribution in [3.63, 3.8) is 0 Å². The summed E-state index contributed by atoms with van der Waals surface area (Å²) in [6, 6.07) is 8.16. The van der Waals surface area contributed by atoms with Crippen LogP contribution in [0.25, 0.3) is 10.9 Å². The maximum atomic E-state index is 11.9. The van der Waals surface area contributed by atoms with Crippen LogP contribution in [-0.4, -0.2) is 28.0 Å². The van der Waals surface area contributed by atoms with E-state index in [0.717, 1.165) is 10.9 Å². The van der Waals surface area contributed by atoms with Gasteiger partial charge in [0.1, 0.15) is 0 Å². The first-order valence-corrected chi connectivity index (χ1v) is 6.20. The summed E-state index contributed by atoms with van der Waals surface area (Å²) in [4.78, 5) is 26.6. The van der Waals surface area contributed by atoms with Crippen LogP contribution in [0.5, 0.6) is 0 Å². The number of nitrogens with zero attached hydrogens (tertiary/aromatic N) is 1. The summed E-state index contributed by atoms with van der Waals surface area (Å²) in [5.41, 5.74) is 7.05. The minimum absolute atomic E-state index is 0.101. The zero-order chi connectivity index (χ0) is 14.5. The van der Waals surface area contributed by atoms with Crippen molar-refractivity contribution in [1.29, 1.82) is 0 Å². The third-order valence-corrected chi connectivity index (χ3v) is 2.91. The molecule has 2 aromatic rings. The molecule has 1 amide bonds. The summed E-state index contributed by atoms with van der Waals surface area (Å²) in [5, 5.41) is 12.1. The first-order valence-electron chi connectivity index (χ1n) is 6.20. The van der Waals surface area contributed by atoms with E-state index in [1.165, 1.54) is 0 Å². The summed E-state index contributed by atoms with van der Waals surface area (Å²) < 4.78 is 0. The Kier molecular flexibility index (Phi) is 4.27. The molecule has 20 heavy (non-hydrogen) atoms. The van der Waals surface area contributed by atoms with Crippen LogP contribution in [0.15, 0.2) is 36.5 Å². The number of nitrogens with one attached hydrogen (secondary N) is 1. The Morgan fingerprint density at radius 2 is 2.10 bits per heavy atom. The third-order valence-electron chi connectivity index (χ3n) is 2.91. The minimum Gasteiger partial charge on any atom is -0.481 e. The summed E-state index contributed by atoms with van der Waals surface area (Å²) in [6.07, 6.45) is 1.64. The first kappa shape index (κ1) is 14.0. The Morgan fingerprint density at radius 3 is 2.85 bits per heavy atom. The molecular formula is C14H15N3O3. The number of nitrogens with two attached hydrogens (primary N) is 1. The van der Waals surface area contributed by atoms with E-state index in [0.29, 0.717) is 5.69 Å². The van der Waals surface area contributed by atoms with E-state index in [9.17, 15) is 9.59 Å². The standard InChI is InChI=1S/C14H15N3O3/c15-10(6-7-13(18)19)14(20)17-12-5-1-4-11-9(12)3-2-8-16-11/h1-5,8,10H,6-7,15H2,(H,17,20)(H,18,19). The number of hydrogen-bond donors (Lipinski definition) is 3. The Balaban J connectivity index is 2.12. The van der Waals surface area contributed by atoms with Gasteiger partial charge in [0.15, 0.2) is 0 Å². The van der Waals surface area contributed by atoms with Crippen molar-refractivity contribution in [2.45, 2.75) is 18.9 Å². The van der Waals surface area contributed by atoms with Crippen LogP contribution >= 0.6 is 0 Å². The molecule has 1 atom stereocenters. The summed E-state index contributed by atoms with van der Waals surface area (Å²) in [7, 11) is 0. The molecule has 6 nitrogen and oxygen atoms in total. The van der Waals surface area contributed by atoms with E-state index in [4.69, 9.17) is 10.8 Å². The predicted molar refractivity (Wildman–Crippen MR) is 75.2 cm³/mol. The lowest BCUT2D eigenvalue weighted by Gasteiger charge is -2.12.